The van der Waals surface area contributed by atoms with Gasteiger partial charge in [0.15, 0.2) is 5.79 Å². The molecule has 0 aromatic carbocycles. The second kappa shape index (κ2) is 3.83. The van der Waals surface area contributed by atoms with Crippen LogP contribution in [-0.2, 0) is 19.0 Å². The number of hydrogen-bond donors (Lipinski definition) is 1. The van der Waals surface area contributed by atoms with Crippen LogP contribution in [0.15, 0.2) is 0 Å². The fraction of sp³-hybridized carbons (Fsp3) is 0.900. The summed E-state index contributed by atoms with van der Waals surface area (Å²) in [4.78, 5) is 10.5. The minimum absolute atomic E-state index is 0.115. The number of hydrogen-bond acceptors (Lipinski definition) is 5. The van der Waals surface area contributed by atoms with E-state index in [1.165, 1.54) is 0 Å². The highest BCUT2D eigenvalue weighted by Crippen LogP contribution is 2.39. The molecule has 2 heterocycles. The molecule has 0 bridgehead atoms. The number of aldehydes is 1. The van der Waals surface area contributed by atoms with Crippen molar-refractivity contribution in [3.8, 4) is 0 Å². The third-order valence-corrected chi connectivity index (χ3v) is 2.75. The first-order valence-electron chi connectivity index (χ1n) is 5.13. The van der Waals surface area contributed by atoms with Crippen molar-refractivity contribution in [3.63, 3.8) is 0 Å². The molecular weight excluding hydrogens is 200 g/mol. The summed E-state index contributed by atoms with van der Waals surface area (Å²) in [5.74, 6) is -0.659. The Balaban J connectivity index is 2.11. The van der Waals surface area contributed by atoms with E-state index in [9.17, 15) is 4.79 Å². The van der Waals surface area contributed by atoms with Crippen molar-refractivity contribution in [2.24, 2.45) is 0 Å². The van der Waals surface area contributed by atoms with E-state index >= 15 is 0 Å². The smallest absolute Gasteiger partial charge is 0.164 e. The Labute approximate surface area is 88.3 Å². The molecule has 5 nitrogen and oxygen atoms in total. The first-order valence-corrected chi connectivity index (χ1v) is 5.13. The second-order valence-electron chi connectivity index (χ2n) is 4.36. The van der Waals surface area contributed by atoms with E-state index in [2.05, 4.69) is 0 Å². The number of aliphatic hydroxyl groups is 1. The van der Waals surface area contributed by atoms with Crippen LogP contribution in [0.4, 0.5) is 0 Å². The van der Waals surface area contributed by atoms with Gasteiger partial charge >= 0.3 is 0 Å². The molecule has 2 aliphatic heterocycles. The summed E-state index contributed by atoms with van der Waals surface area (Å²) in [5.41, 5.74) is 0. The summed E-state index contributed by atoms with van der Waals surface area (Å²) < 4.78 is 16.8. The fourth-order valence-corrected chi connectivity index (χ4v) is 2.20. The Morgan fingerprint density at radius 2 is 1.87 bits per heavy atom. The maximum absolute atomic E-state index is 10.5. The first-order chi connectivity index (χ1) is 7.07. The second-order valence-corrected chi connectivity index (χ2v) is 4.36. The number of fused-ring (bicyclic) bond motifs is 1. The monoisotopic (exact) mass is 216 g/mol. The molecule has 4 atom stereocenters. The van der Waals surface area contributed by atoms with Gasteiger partial charge in [0.05, 0.1) is 12.7 Å². The van der Waals surface area contributed by atoms with Crippen LogP contribution >= 0.6 is 0 Å². The van der Waals surface area contributed by atoms with E-state index in [0.29, 0.717) is 0 Å². The topological polar surface area (TPSA) is 65.0 Å². The van der Waals surface area contributed by atoms with E-state index in [-0.39, 0.29) is 37.4 Å². The minimum Gasteiger partial charge on any atom is -0.394 e. The van der Waals surface area contributed by atoms with Gasteiger partial charge in [-0.05, 0) is 13.8 Å². The third-order valence-electron chi connectivity index (χ3n) is 2.75. The Kier molecular flexibility index (Phi) is 2.81. The molecule has 15 heavy (non-hydrogen) atoms. The number of aliphatic hydroxyl groups excluding tert-OH is 1. The van der Waals surface area contributed by atoms with Crippen molar-refractivity contribution >= 4 is 6.29 Å². The highest BCUT2D eigenvalue weighted by atomic mass is 16.8. The SMILES string of the molecule is CC1(C)OC2C(CO)OC(CC=O)C2O1. The van der Waals surface area contributed by atoms with Gasteiger partial charge in [0.25, 0.3) is 0 Å². The summed E-state index contributed by atoms with van der Waals surface area (Å²) in [6.45, 7) is 3.52. The standard InChI is InChI=1S/C10H16O5/c1-10(2)14-8-6(3-4-11)13-7(5-12)9(8)15-10/h4,6-9,12H,3,5H2,1-2H3. The van der Waals surface area contributed by atoms with Crippen LogP contribution in [0.5, 0.6) is 0 Å². The first kappa shape index (κ1) is 11.0. The van der Waals surface area contributed by atoms with Crippen LogP contribution < -0.4 is 0 Å². The largest absolute Gasteiger partial charge is 0.394 e. The van der Waals surface area contributed by atoms with Crippen LogP contribution in [0.1, 0.15) is 20.3 Å². The zero-order chi connectivity index (χ0) is 11.1. The number of ether oxygens (including phenoxy) is 3. The van der Waals surface area contributed by atoms with E-state index in [0.717, 1.165) is 6.29 Å². The lowest BCUT2D eigenvalue weighted by molar-refractivity contribution is -0.190. The summed E-state index contributed by atoms with van der Waals surface area (Å²) in [5, 5.41) is 9.12. The molecule has 2 rings (SSSR count). The van der Waals surface area contributed by atoms with Crippen LogP contribution in [-0.4, -0.2) is 48.2 Å². The minimum atomic E-state index is -0.659. The molecule has 86 valence electrons. The lowest BCUT2D eigenvalue weighted by Gasteiger charge is -2.22. The van der Waals surface area contributed by atoms with Gasteiger partial charge in [-0.15, -0.1) is 0 Å². The lowest BCUT2D eigenvalue weighted by Crippen LogP contribution is -2.31. The molecular formula is C10H16O5. The normalized spacial score (nSPS) is 42.9. The Bertz CT molecular complexity index is 252. The van der Waals surface area contributed by atoms with Gasteiger partial charge in [-0.1, -0.05) is 0 Å². The average Bonchev–Trinajstić information content (AvgIpc) is 2.61. The third kappa shape index (κ3) is 1.92. The van der Waals surface area contributed by atoms with Crippen LogP contribution in [0, 0.1) is 0 Å². The van der Waals surface area contributed by atoms with E-state index in [4.69, 9.17) is 19.3 Å². The quantitative estimate of drug-likeness (QED) is 0.665. The maximum Gasteiger partial charge on any atom is 0.164 e. The van der Waals surface area contributed by atoms with Gasteiger partial charge < -0.3 is 24.1 Å². The summed E-state index contributed by atoms with van der Waals surface area (Å²) >= 11 is 0. The van der Waals surface area contributed by atoms with E-state index in [1.54, 1.807) is 0 Å². The molecule has 4 unspecified atom stereocenters. The molecule has 0 aromatic rings. The maximum atomic E-state index is 10.5. The van der Waals surface area contributed by atoms with Gasteiger partial charge in [0.2, 0.25) is 0 Å². The Morgan fingerprint density at radius 1 is 1.27 bits per heavy atom. The van der Waals surface area contributed by atoms with Crippen molar-refractivity contribution in [2.75, 3.05) is 6.61 Å². The van der Waals surface area contributed by atoms with Crippen molar-refractivity contribution in [3.05, 3.63) is 0 Å². The van der Waals surface area contributed by atoms with Crippen LogP contribution in [0.2, 0.25) is 0 Å². The van der Waals surface area contributed by atoms with Gasteiger partial charge in [-0.3, -0.25) is 0 Å². The molecule has 0 spiro atoms. The van der Waals surface area contributed by atoms with E-state index in [1.807, 2.05) is 13.8 Å². The predicted octanol–water partition coefficient (Wildman–Crippen LogP) is -0.145. The fourth-order valence-electron chi connectivity index (χ4n) is 2.20. The molecule has 0 aliphatic carbocycles. The van der Waals surface area contributed by atoms with Crippen LogP contribution in [0.3, 0.4) is 0 Å². The number of rotatable bonds is 3. The molecule has 2 fully saturated rings. The summed E-state index contributed by atoms with van der Waals surface area (Å²) in [6, 6.07) is 0. The average molecular weight is 216 g/mol. The van der Waals surface area contributed by atoms with Gasteiger partial charge in [-0.25, -0.2) is 0 Å². The van der Waals surface area contributed by atoms with Gasteiger partial charge in [0.1, 0.15) is 24.6 Å². The van der Waals surface area contributed by atoms with Crippen LogP contribution in [0.25, 0.3) is 0 Å². The molecule has 0 saturated carbocycles. The molecule has 2 aliphatic rings. The Morgan fingerprint density at radius 3 is 2.40 bits per heavy atom. The molecule has 5 heteroatoms. The van der Waals surface area contributed by atoms with Crippen molar-refractivity contribution in [1.29, 1.82) is 0 Å². The van der Waals surface area contributed by atoms with Crippen molar-refractivity contribution in [2.45, 2.75) is 50.5 Å². The lowest BCUT2D eigenvalue weighted by atomic mass is 10.1. The van der Waals surface area contributed by atoms with E-state index < -0.39 is 5.79 Å². The molecule has 0 amide bonds. The number of carbonyl (C=O) groups is 1. The molecule has 0 radical (unpaired) electrons. The van der Waals surface area contributed by atoms with Gasteiger partial charge in [0, 0.05) is 6.42 Å². The molecule has 0 aromatic heterocycles. The van der Waals surface area contributed by atoms with Crippen molar-refractivity contribution in [1.82, 2.24) is 0 Å². The predicted molar refractivity (Wildman–Crippen MR) is 50.3 cm³/mol. The zero-order valence-electron chi connectivity index (χ0n) is 8.88. The number of carbonyl (C=O) groups excluding carboxylic acids is 1. The summed E-state index contributed by atoms with van der Waals surface area (Å²) in [6.07, 6.45) is -0.127. The molecule has 2 saturated heterocycles. The zero-order valence-corrected chi connectivity index (χ0v) is 8.88. The Hall–Kier alpha value is -0.490. The summed E-state index contributed by atoms with van der Waals surface area (Å²) in [7, 11) is 0. The van der Waals surface area contributed by atoms with Crippen molar-refractivity contribution < 1.29 is 24.1 Å². The van der Waals surface area contributed by atoms with Gasteiger partial charge in [-0.2, -0.15) is 0 Å². The highest BCUT2D eigenvalue weighted by Gasteiger charge is 2.54. The highest BCUT2D eigenvalue weighted by molar-refractivity contribution is 5.50. The molecule has 1 N–H and O–H groups in total.